The molecule has 1 fully saturated rings. The first kappa shape index (κ1) is 8.06. The molecule has 0 amide bonds. The predicted molar refractivity (Wildman–Crippen MR) is 34.8 cm³/mol. The number of hydrogen-bond acceptors (Lipinski definition) is 3. The van der Waals surface area contributed by atoms with Crippen molar-refractivity contribution in [3.05, 3.63) is 0 Å². The molecule has 0 aromatic rings. The number of piperazine rings is 1. The van der Waals surface area contributed by atoms with Crippen LogP contribution in [-0.2, 0) is 10.0 Å². The molecule has 1 radical (unpaired) electrons. The van der Waals surface area contributed by atoms with Gasteiger partial charge in [0.1, 0.15) is 7.11 Å². The summed E-state index contributed by atoms with van der Waals surface area (Å²) in [5.41, 5.74) is 0. The van der Waals surface area contributed by atoms with E-state index in [1.165, 1.54) is 7.11 Å². The van der Waals surface area contributed by atoms with Crippen molar-refractivity contribution in [1.82, 2.24) is 10.3 Å². The molecule has 0 aromatic carbocycles. The summed E-state index contributed by atoms with van der Waals surface area (Å²) in [5.74, 6) is 0. The minimum Gasteiger partial charge on any atom is -0.345 e. The molecule has 63 valence electrons. The van der Waals surface area contributed by atoms with Gasteiger partial charge >= 0.3 is 4.97 Å². The lowest BCUT2D eigenvalue weighted by molar-refractivity contribution is -0.969. The minimum atomic E-state index is 0.487. The standard InChI is InChI=1S/C5H12N4O2/c1-11-7-9(10)8-4-2-6-3-5-8/h6H,2-5H2,1H3/q+1. The smallest absolute Gasteiger partial charge is 0.316 e. The van der Waals surface area contributed by atoms with E-state index < -0.39 is 0 Å². The van der Waals surface area contributed by atoms with Crippen molar-refractivity contribution in [2.45, 2.75) is 0 Å². The van der Waals surface area contributed by atoms with Crippen LogP contribution >= 0.6 is 0 Å². The van der Waals surface area contributed by atoms with Gasteiger partial charge < -0.3 is 10.2 Å². The Morgan fingerprint density at radius 2 is 2.18 bits per heavy atom. The highest BCUT2D eigenvalue weighted by Gasteiger charge is 2.23. The quantitative estimate of drug-likeness (QED) is 0.326. The first-order valence-electron chi connectivity index (χ1n) is 3.51. The highest BCUT2D eigenvalue weighted by molar-refractivity contribution is 4.58. The lowest BCUT2D eigenvalue weighted by Gasteiger charge is -2.16. The third-order valence-corrected chi connectivity index (χ3v) is 1.49. The molecular formula is C5H12N4O2+. The molecule has 0 aromatic heterocycles. The summed E-state index contributed by atoms with van der Waals surface area (Å²) >= 11 is 0. The number of hydrazine groups is 1. The Balaban J connectivity index is 2.38. The van der Waals surface area contributed by atoms with Gasteiger partial charge in [-0.3, -0.25) is 0 Å². The van der Waals surface area contributed by atoms with Crippen molar-refractivity contribution in [2.24, 2.45) is 5.28 Å². The molecular weight excluding hydrogens is 148 g/mol. The summed E-state index contributed by atoms with van der Waals surface area (Å²) in [6.07, 6.45) is 0. The van der Waals surface area contributed by atoms with Crippen molar-refractivity contribution in [1.29, 1.82) is 0 Å². The van der Waals surface area contributed by atoms with Crippen molar-refractivity contribution in [3.8, 4) is 0 Å². The fraction of sp³-hybridized carbons (Fsp3) is 1.00. The average molecular weight is 160 g/mol. The highest BCUT2D eigenvalue weighted by atomic mass is 16.7. The van der Waals surface area contributed by atoms with Crippen LogP contribution in [0, 0.1) is 0 Å². The van der Waals surface area contributed by atoms with Gasteiger partial charge in [0.25, 0.3) is 5.28 Å². The van der Waals surface area contributed by atoms with Crippen LogP contribution in [0.25, 0.3) is 0 Å². The zero-order chi connectivity index (χ0) is 8.10. The molecule has 1 saturated heterocycles. The van der Waals surface area contributed by atoms with E-state index in [1.807, 2.05) is 0 Å². The van der Waals surface area contributed by atoms with Gasteiger partial charge in [-0.15, -0.1) is 5.01 Å². The van der Waals surface area contributed by atoms with E-state index >= 15 is 0 Å². The van der Waals surface area contributed by atoms with E-state index in [0.717, 1.165) is 13.1 Å². The first-order chi connectivity index (χ1) is 5.34. The molecule has 0 spiro atoms. The summed E-state index contributed by atoms with van der Waals surface area (Å²) in [6, 6.07) is 0. The lowest BCUT2D eigenvalue weighted by Crippen LogP contribution is -2.46. The molecule has 1 aliphatic heterocycles. The molecule has 6 nitrogen and oxygen atoms in total. The molecule has 1 rings (SSSR count). The van der Waals surface area contributed by atoms with Crippen molar-refractivity contribution < 1.29 is 15.0 Å². The number of rotatable bonds is 2. The third kappa shape index (κ3) is 2.23. The Bertz CT molecular complexity index is 143. The predicted octanol–water partition coefficient (Wildman–Crippen LogP) is -0.822. The number of hydrogen-bond donors (Lipinski definition) is 1. The number of nitrogens with one attached hydrogen (secondary N) is 1. The first-order valence-corrected chi connectivity index (χ1v) is 3.51. The second-order valence-corrected chi connectivity index (χ2v) is 2.22. The Morgan fingerprint density at radius 1 is 1.55 bits per heavy atom. The van der Waals surface area contributed by atoms with Gasteiger partial charge in [0.15, 0.2) is 0 Å². The molecule has 0 atom stereocenters. The summed E-state index contributed by atoms with van der Waals surface area (Å²) < 4.78 is 0. The van der Waals surface area contributed by atoms with Crippen LogP contribution in [0.2, 0.25) is 0 Å². The van der Waals surface area contributed by atoms with Gasteiger partial charge in [0.2, 0.25) is 0 Å². The summed E-state index contributed by atoms with van der Waals surface area (Å²) in [5, 5.41) is 18.8. The van der Waals surface area contributed by atoms with Gasteiger partial charge in [-0.2, -0.15) is 0 Å². The van der Waals surface area contributed by atoms with E-state index in [9.17, 15) is 5.21 Å². The highest BCUT2D eigenvalue weighted by Crippen LogP contribution is 1.92. The van der Waals surface area contributed by atoms with E-state index in [4.69, 9.17) is 0 Å². The second-order valence-electron chi connectivity index (χ2n) is 2.22. The average Bonchev–Trinajstić information content (AvgIpc) is 2.07. The molecule has 0 bridgehead atoms. The SMILES string of the molecule is CON=[N+]([O])N1CCNCC1. The van der Waals surface area contributed by atoms with Gasteiger partial charge in [0, 0.05) is 13.1 Å². The monoisotopic (exact) mass is 160 g/mol. The van der Waals surface area contributed by atoms with Crippen LogP contribution in [0.15, 0.2) is 5.28 Å². The Labute approximate surface area is 64.9 Å². The largest absolute Gasteiger partial charge is 0.345 e. The zero-order valence-electron chi connectivity index (χ0n) is 6.49. The van der Waals surface area contributed by atoms with Gasteiger partial charge in [0.05, 0.1) is 18.3 Å². The maximum absolute atomic E-state index is 10.9. The molecule has 6 heteroatoms. The summed E-state index contributed by atoms with van der Waals surface area (Å²) in [6.45, 7) is 2.99. The van der Waals surface area contributed by atoms with Gasteiger partial charge in [-0.25, -0.2) is 0 Å². The van der Waals surface area contributed by atoms with Crippen LogP contribution in [0.4, 0.5) is 0 Å². The minimum absolute atomic E-state index is 0.487. The zero-order valence-corrected chi connectivity index (χ0v) is 6.49. The van der Waals surface area contributed by atoms with Gasteiger partial charge in [-0.1, -0.05) is 0 Å². The fourth-order valence-electron chi connectivity index (χ4n) is 0.946. The molecule has 1 heterocycles. The topological polar surface area (TPSA) is 59.8 Å². The van der Waals surface area contributed by atoms with Crippen LogP contribution in [0.3, 0.4) is 0 Å². The Morgan fingerprint density at radius 3 is 2.73 bits per heavy atom. The van der Waals surface area contributed by atoms with E-state index in [-0.39, 0.29) is 0 Å². The van der Waals surface area contributed by atoms with Crippen LogP contribution in [0.1, 0.15) is 0 Å². The number of nitrogens with zero attached hydrogens (tertiary/aromatic N) is 3. The molecule has 11 heavy (non-hydrogen) atoms. The summed E-state index contributed by atoms with van der Waals surface area (Å²) in [4.78, 5) is 4.82. The van der Waals surface area contributed by atoms with Crippen LogP contribution in [0.5, 0.6) is 0 Å². The second kappa shape index (κ2) is 3.97. The normalized spacial score (nSPS) is 20.1. The van der Waals surface area contributed by atoms with Crippen molar-refractivity contribution >= 4 is 0 Å². The maximum atomic E-state index is 10.9. The van der Waals surface area contributed by atoms with E-state index in [0.29, 0.717) is 18.1 Å². The van der Waals surface area contributed by atoms with Crippen molar-refractivity contribution in [2.75, 3.05) is 33.3 Å². The molecule has 1 N–H and O–H groups in total. The maximum Gasteiger partial charge on any atom is 0.316 e. The van der Waals surface area contributed by atoms with Crippen molar-refractivity contribution in [3.63, 3.8) is 0 Å². The third-order valence-electron chi connectivity index (χ3n) is 1.49. The van der Waals surface area contributed by atoms with Crippen LogP contribution in [-0.4, -0.2) is 43.3 Å². The van der Waals surface area contributed by atoms with Crippen LogP contribution < -0.4 is 5.32 Å². The molecule has 1 aliphatic rings. The summed E-state index contributed by atoms with van der Waals surface area (Å²) in [7, 11) is 1.35. The van der Waals surface area contributed by atoms with E-state index in [1.54, 1.807) is 5.01 Å². The molecule has 0 saturated carbocycles. The van der Waals surface area contributed by atoms with Gasteiger partial charge in [-0.05, 0) is 0 Å². The fourth-order valence-corrected chi connectivity index (χ4v) is 0.946. The Hall–Kier alpha value is -1.04. The van der Waals surface area contributed by atoms with E-state index in [2.05, 4.69) is 15.4 Å². The molecule has 0 unspecified atom stereocenters. The molecule has 0 aliphatic carbocycles. The lowest BCUT2D eigenvalue weighted by atomic mass is 10.4. The Kier molecular flexibility index (Phi) is 2.91.